The van der Waals surface area contributed by atoms with Crippen molar-refractivity contribution in [1.29, 1.82) is 0 Å². The number of hydrogen-bond donors (Lipinski definition) is 0. The monoisotopic (exact) mass is 351 g/mol. The standard InChI is InChI=1S/C15H11FIN/c16-12-3-1-10(2-4-12)15-14-6-5-13(17)9-11(14)7-8-18-15/h1-6,9H,7-8H2. The van der Waals surface area contributed by atoms with E-state index in [-0.39, 0.29) is 5.82 Å². The summed E-state index contributed by atoms with van der Waals surface area (Å²) in [4.78, 5) is 4.59. The lowest BCUT2D eigenvalue weighted by atomic mass is 9.93. The van der Waals surface area contributed by atoms with E-state index in [1.807, 2.05) is 0 Å². The molecule has 1 aliphatic heterocycles. The summed E-state index contributed by atoms with van der Waals surface area (Å²) >= 11 is 2.32. The van der Waals surface area contributed by atoms with Gasteiger partial charge in [0.25, 0.3) is 0 Å². The zero-order chi connectivity index (χ0) is 12.5. The Hall–Kier alpha value is -1.23. The Bertz CT molecular complexity index is 617. The van der Waals surface area contributed by atoms with Gasteiger partial charge in [-0.3, -0.25) is 4.99 Å². The van der Waals surface area contributed by atoms with E-state index in [0.29, 0.717) is 0 Å². The molecule has 0 spiro atoms. The summed E-state index contributed by atoms with van der Waals surface area (Å²) in [7, 11) is 0. The van der Waals surface area contributed by atoms with Crippen LogP contribution in [0, 0.1) is 9.39 Å². The highest BCUT2D eigenvalue weighted by atomic mass is 127. The molecule has 1 aliphatic rings. The van der Waals surface area contributed by atoms with E-state index >= 15 is 0 Å². The Balaban J connectivity index is 2.09. The van der Waals surface area contributed by atoms with E-state index in [9.17, 15) is 4.39 Å². The molecule has 2 aromatic rings. The summed E-state index contributed by atoms with van der Waals surface area (Å²) in [5, 5.41) is 0. The van der Waals surface area contributed by atoms with Gasteiger partial charge in [0.1, 0.15) is 5.82 Å². The molecule has 0 N–H and O–H groups in total. The van der Waals surface area contributed by atoms with Crippen LogP contribution in [0.25, 0.3) is 0 Å². The van der Waals surface area contributed by atoms with Crippen molar-refractivity contribution in [3.63, 3.8) is 0 Å². The quantitative estimate of drug-likeness (QED) is 0.693. The molecule has 0 radical (unpaired) electrons. The van der Waals surface area contributed by atoms with Gasteiger partial charge >= 0.3 is 0 Å². The average molecular weight is 351 g/mol. The predicted molar refractivity (Wildman–Crippen MR) is 79.8 cm³/mol. The molecular formula is C15H11FIN. The molecule has 1 heterocycles. The lowest BCUT2D eigenvalue weighted by Crippen LogP contribution is -2.14. The zero-order valence-corrected chi connectivity index (χ0v) is 11.8. The lowest BCUT2D eigenvalue weighted by Gasteiger charge is -2.17. The van der Waals surface area contributed by atoms with Crippen molar-refractivity contribution in [1.82, 2.24) is 0 Å². The fourth-order valence-corrected chi connectivity index (χ4v) is 2.78. The first-order valence-corrected chi connectivity index (χ1v) is 6.91. The topological polar surface area (TPSA) is 12.4 Å². The minimum Gasteiger partial charge on any atom is -0.284 e. The van der Waals surface area contributed by atoms with Crippen LogP contribution in [-0.2, 0) is 6.42 Å². The molecule has 0 aromatic heterocycles. The molecule has 0 saturated heterocycles. The molecule has 0 amide bonds. The maximum atomic E-state index is 13.0. The van der Waals surface area contributed by atoms with Crippen LogP contribution >= 0.6 is 22.6 Å². The lowest BCUT2D eigenvalue weighted by molar-refractivity contribution is 0.628. The van der Waals surface area contributed by atoms with Crippen molar-refractivity contribution in [2.24, 2.45) is 4.99 Å². The number of benzene rings is 2. The first kappa shape index (κ1) is 11.8. The van der Waals surface area contributed by atoms with Crippen LogP contribution in [0.1, 0.15) is 16.7 Å². The van der Waals surface area contributed by atoms with Crippen molar-refractivity contribution < 1.29 is 4.39 Å². The molecule has 0 atom stereocenters. The highest BCUT2D eigenvalue weighted by Crippen LogP contribution is 2.22. The van der Waals surface area contributed by atoms with Crippen LogP contribution in [0.2, 0.25) is 0 Å². The molecular weight excluding hydrogens is 340 g/mol. The molecule has 0 unspecified atom stereocenters. The molecule has 0 fully saturated rings. The van der Waals surface area contributed by atoms with Gasteiger partial charge in [-0.15, -0.1) is 0 Å². The second kappa shape index (κ2) is 4.80. The first-order chi connectivity index (χ1) is 8.74. The van der Waals surface area contributed by atoms with Crippen LogP contribution in [0.4, 0.5) is 4.39 Å². The van der Waals surface area contributed by atoms with Gasteiger partial charge in [0, 0.05) is 21.2 Å². The van der Waals surface area contributed by atoms with Gasteiger partial charge in [0.15, 0.2) is 0 Å². The van der Waals surface area contributed by atoms with Crippen LogP contribution < -0.4 is 0 Å². The largest absolute Gasteiger partial charge is 0.284 e. The number of fused-ring (bicyclic) bond motifs is 1. The number of hydrogen-bond acceptors (Lipinski definition) is 1. The number of nitrogens with zero attached hydrogens (tertiary/aromatic N) is 1. The van der Waals surface area contributed by atoms with Crippen molar-refractivity contribution >= 4 is 28.3 Å². The average Bonchev–Trinajstić information content (AvgIpc) is 2.38. The van der Waals surface area contributed by atoms with Crippen molar-refractivity contribution in [3.8, 4) is 0 Å². The summed E-state index contributed by atoms with van der Waals surface area (Å²) in [5.74, 6) is -0.210. The SMILES string of the molecule is Fc1ccc(C2=NCCc3cc(I)ccc32)cc1. The maximum Gasteiger partial charge on any atom is 0.123 e. The van der Waals surface area contributed by atoms with E-state index in [1.165, 1.54) is 26.8 Å². The van der Waals surface area contributed by atoms with Crippen molar-refractivity contribution in [3.05, 3.63) is 68.5 Å². The molecule has 2 aromatic carbocycles. The van der Waals surface area contributed by atoms with Gasteiger partial charge in [-0.2, -0.15) is 0 Å². The highest BCUT2D eigenvalue weighted by molar-refractivity contribution is 14.1. The third-order valence-corrected chi connectivity index (χ3v) is 3.76. The highest BCUT2D eigenvalue weighted by Gasteiger charge is 2.15. The Labute approximate surface area is 119 Å². The molecule has 0 saturated carbocycles. The number of rotatable bonds is 1. The number of halogens is 2. The van der Waals surface area contributed by atoms with E-state index in [1.54, 1.807) is 12.1 Å². The summed E-state index contributed by atoms with van der Waals surface area (Å²) in [6.45, 7) is 0.805. The fraction of sp³-hybridized carbons (Fsp3) is 0.133. The Kier molecular flexibility index (Phi) is 3.16. The summed E-state index contributed by atoms with van der Waals surface area (Å²) in [5.41, 5.74) is 4.47. The van der Waals surface area contributed by atoms with Crippen molar-refractivity contribution in [2.45, 2.75) is 6.42 Å². The minimum atomic E-state index is -0.210. The Morgan fingerprint density at radius 1 is 1.06 bits per heavy atom. The van der Waals surface area contributed by atoms with Crippen molar-refractivity contribution in [2.75, 3.05) is 6.54 Å². The van der Waals surface area contributed by atoms with E-state index in [0.717, 1.165) is 24.2 Å². The van der Waals surface area contributed by atoms with Gasteiger partial charge in [0.05, 0.1) is 5.71 Å². The van der Waals surface area contributed by atoms with Gasteiger partial charge < -0.3 is 0 Å². The van der Waals surface area contributed by atoms with Gasteiger partial charge in [-0.05, 0) is 71.0 Å². The molecule has 0 aliphatic carbocycles. The molecule has 3 rings (SSSR count). The summed E-state index contributed by atoms with van der Waals surface area (Å²) in [6.07, 6.45) is 0.983. The maximum absolute atomic E-state index is 13.0. The zero-order valence-electron chi connectivity index (χ0n) is 9.66. The Morgan fingerprint density at radius 2 is 1.83 bits per heavy atom. The second-order valence-electron chi connectivity index (χ2n) is 4.29. The smallest absolute Gasteiger partial charge is 0.123 e. The van der Waals surface area contributed by atoms with Gasteiger partial charge in [-0.25, -0.2) is 4.39 Å². The van der Waals surface area contributed by atoms with Crippen LogP contribution in [-0.4, -0.2) is 12.3 Å². The first-order valence-electron chi connectivity index (χ1n) is 5.83. The third-order valence-electron chi connectivity index (χ3n) is 3.09. The molecule has 0 bridgehead atoms. The van der Waals surface area contributed by atoms with E-state index in [4.69, 9.17) is 0 Å². The second-order valence-corrected chi connectivity index (χ2v) is 5.53. The molecule has 90 valence electrons. The van der Waals surface area contributed by atoms with Gasteiger partial charge in [-0.1, -0.05) is 6.07 Å². The van der Waals surface area contributed by atoms with Gasteiger partial charge in [0.2, 0.25) is 0 Å². The third kappa shape index (κ3) is 2.19. The fourth-order valence-electron chi connectivity index (χ4n) is 2.23. The van der Waals surface area contributed by atoms with E-state index in [2.05, 4.69) is 45.8 Å². The van der Waals surface area contributed by atoms with Crippen LogP contribution in [0.15, 0.2) is 47.5 Å². The normalized spacial score (nSPS) is 14.0. The van der Waals surface area contributed by atoms with E-state index < -0.39 is 0 Å². The Morgan fingerprint density at radius 3 is 2.61 bits per heavy atom. The molecule has 18 heavy (non-hydrogen) atoms. The van der Waals surface area contributed by atoms with Crippen LogP contribution in [0.3, 0.4) is 0 Å². The summed E-state index contributed by atoms with van der Waals surface area (Å²) < 4.78 is 14.2. The molecule has 3 heteroatoms. The van der Waals surface area contributed by atoms with Crippen LogP contribution in [0.5, 0.6) is 0 Å². The number of aliphatic imine (C=N–C) groups is 1. The summed E-state index contributed by atoms with van der Waals surface area (Å²) in [6, 6.07) is 13.0. The predicted octanol–water partition coefficient (Wildman–Crippen LogP) is 3.82. The molecule has 1 nitrogen and oxygen atoms in total. The minimum absolute atomic E-state index is 0.210.